The van der Waals surface area contributed by atoms with Gasteiger partial charge in [-0.15, -0.1) is 0 Å². The third-order valence-electron chi connectivity index (χ3n) is 18.1. The van der Waals surface area contributed by atoms with Crippen LogP contribution in [0.25, 0.3) is 0 Å². The van der Waals surface area contributed by atoms with E-state index in [1.165, 1.54) is 0 Å². The number of allylic oxidation sites excluding steroid dienone is 2. The van der Waals surface area contributed by atoms with Gasteiger partial charge in [0, 0.05) is 5.92 Å². The van der Waals surface area contributed by atoms with Gasteiger partial charge in [-0.3, -0.25) is 9.59 Å². The lowest BCUT2D eigenvalue weighted by atomic mass is 9.33. The van der Waals surface area contributed by atoms with Crippen LogP contribution in [0.2, 0.25) is 0 Å². The van der Waals surface area contributed by atoms with E-state index in [0.29, 0.717) is 32.1 Å². The molecular weight excluding hydrogens is 821 g/mol. The molecule has 63 heavy (non-hydrogen) atoms. The van der Waals surface area contributed by atoms with Gasteiger partial charge in [0.25, 0.3) is 0 Å². The molecule has 0 aromatic carbocycles. The molecule has 5 aliphatic carbocycles. The number of hydrogen-bond donors (Lipinski definition) is 6. The number of ketones is 1. The SMILES string of the molecule is CCCCOC(=O)[C@H]1O[C@@H](O[C@H]2CC[C@]3(C)[C@H]4C(=O)C=C5[C@@H]6C[C@@](C)(C(=O)O)CC[C@]6(C)CC[C@]5(C)[C@]4(C)CC[C@H]3C2(C)C)[C@H](O[C@@H]2O[C@H](C(=O)OC)[C@@H](O)[C@H](O)[C@H]2O)[C@@H](O)[C@@H]1O. The average Bonchev–Trinajstić information content (AvgIpc) is 3.22. The van der Waals surface area contributed by atoms with E-state index in [1.54, 1.807) is 0 Å². The number of carbonyl (C=O) groups excluding carboxylic acids is 3. The summed E-state index contributed by atoms with van der Waals surface area (Å²) in [6.07, 6.45) is -9.22. The van der Waals surface area contributed by atoms with Gasteiger partial charge in [0.2, 0.25) is 0 Å². The lowest BCUT2D eigenvalue weighted by Gasteiger charge is -2.70. The van der Waals surface area contributed by atoms with Gasteiger partial charge in [0.15, 0.2) is 30.6 Å². The Morgan fingerprint density at radius 3 is 2.05 bits per heavy atom. The number of carbonyl (C=O) groups is 4. The van der Waals surface area contributed by atoms with Crippen molar-refractivity contribution in [2.75, 3.05) is 13.7 Å². The van der Waals surface area contributed by atoms with Crippen LogP contribution in [0.5, 0.6) is 0 Å². The van der Waals surface area contributed by atoms with E-state index in [4.69, 9.17) is 28.4 Å². The van der Waals surface area contributed by atoms with Crippen LogP contribution >= 0.6 is 0 Å². The molecule has 0 spiro atoms. The standard InChI is InChI=1S/C47H72O16/c1-10-11-20-59-38(55)34-30(51)31(52)35(63-39-32(53)28(49)29(50)33(61-39)37(54)58-9)40(62-34)60-27-13-14-45(6)26(42(27,2)3)12-15-47(8)36(45)25(48)21-23-24-22-44(5,41(56)57)17-16-43(24,4)18-19-46(23,47)7/h21,24,26-36,39-40,49-53H,10-20,22H2,1-9H3,(H,56,57)/t24-,26-,27-,28-,29-,30-,31-,32+,33-,34-,35+,36+,39-,40+,43+,44-,45-,46-,47+/m0/s1. The summed E-state index contributed by atoms with van der Waals surface area (Å²) in [5.41, 5.74) is -1.67. The van der Waals surface area contributed by atoms with Gasteiger partial charge in [-0.1, -0.05) is 60.5 Å². The Kier molecular flexibility index (Phi) is 13.0. The second kappa shape index (κ2) is 17.0. The number of aliphatic hydroxyl groups excluding tert-OH is 5. The highest BCUT2D eigenvalue weighted by molar-refractivity contribution is 5.95. The molecule has 2 aliphatic heterocycles. The van der Waals surface area contributed by atoms with E-state index >= 15 is 0 Å². The van der Waals surface area contributed by atoms with Crippen LogP contribution in [0.15, 0.2) is 11.6 Å². The predicted octanol–water partition coefficient (Wildman–Crippen LogP) is 3.59. The highest BCUT2D eigenvalue weighted by atomic mass is 16.8. The number of hydrogen-bond acceptors (Lipinski definition) is 15. The molecule has 6 N–H and O–H groups in total. The van der Waals surface area contributed by atoms with Crippen LogP contribution in [0.4, 0.5) is 0 Å². The molecular formula is C47H72O16. The normalized spacial score (nSPS) is 49.2. The highest BCUT2D eigenvalue weighted by Gasteiger charge is 2.71. The minimum atomic E-state index is -1.94. The first kappa shape index (κ1) is 48.4. The van der Waals surface area contributed by atoms with Crippen LogP contribution in [-0.4, -0.2) is 136 Å². The highest BCUT2D eigenvalue weighted by Crippen LogP contribution is 2.75. The lowest BCUT2D eigenvalue weighted by Crippen LogP contribution is -2.68. The van der Waals surface area contributed by atoms with Gasteiger partial charge in [-0.2, -0.15) is 0 Å². The zero-order chi connectivity index (χ0) is 46.4. The number of carboxylic acids is 1. The van der Waals surface area contributed by atoms with E-state index in [2.05, 4.69) is 41.5 Å². The van der Waals surface area contributed by atoms with Gasteiger partial charge >= 0.3 is 17.9 Å². The number of aliphatic hydroxyl groups is 5. The minimum absolute atomic E-state index is 0.00832. The van der Waals surface area contributed by atoms with Crippen molar-refractivity contribution < 1.29 is 78.2 Å². The minimum Gasteiger partial charge on any atom is -0.481 e. The first-order valence-corrected chi connectivity index (χ1v) is 23.1. The Hall–Kier alpha value is -2.54. The van der Waals surface area contributed by atoms with Crippen molar-refractivity contribution in [1.29, 1.82) is 0 Å². The molecule has 0 unspecified atom stereocenters. The molecule has 0 aromatic rings. The molecule has 7 rings (SSSR count). The van der Waals surface area contributed by atoms with Crippen LogP contribution in [0.3, 0.4) is 0 Å². The van der Waals surface area contributed by atoms with E-state index in [1.807, 2.05) is 19.9 Å². The smallest absolute Gasteiger partial charge is 0.338 e. The summed E-state index contributed by atoms with van der Waals surface area (Å²) >= 11 is 0. The van der Waals surface area contributed by atoms with Crippen molar-refractivity contribution in [2.45, 2.75) is 194 Å². The predicted molar refractivity (Wildman–Crippen MR) is 222 cm³/mol. The van der Waals surface area contributed by atoms with Crippen LogP contribution in [-0.2, 0) is 47.6 Å². The second-order valence-corrected chi connectivity index (χ2v) is 22.0. The molecule has 6 fully saturated rings. The summed E-state index contributed by atoms with van der Waals surface area (Å²) in [6.45, 7) is 17.1. The Bertz CT molecular complexity index is 1820. The summed E-state index contributed by atoms with van der Waals surface area (Å²) in [6, 6.07) is 0. The molecule has 16 heteroatoms. The van der Waals surface area contributed by atoms with Gasteiger partial charge in [0.1, 0.15) is 36.6 Å². The molecule has 2 heterocycles. The molecule has 0 radical (unpaired) electrons. The summed E-state index contributed by atoms with van der Waals surface area (Å²) in [5.74, 6) is -3.07. The third kappa shape index (κ3) is 7.62. The van der Waals surface area contributed by atoms with E-state index in [9.17, 15) is 49.8 Å². The van der Waals surface area contributed by atoms with Crippen LogP contribution in [0.1, 0.15) is 126 Å². The molecule has 356 valence electrons. The van der Waals surface area contributed by atoms with Crippen LogP contribution in [0, 0.1) is 50.2 Å². The Morgan fingerprint density at radius 1 is 0.762 bits per heavy atom. The van der Waals surface area contributed by atoms with Gasteiger partial charge in [0.05, 0.1) is 25.2 Å². The van der Waals surface area contributed by atoms with Crippen molar-refractivity contribution in [3.05, 3.63) is 11.6 Å². The summed E-state index contributed by atoms with van der Waals surface area (Å²) in [7, 11) is 1.05. The molecule has 19 atom stereocenters. The molecule has 4 saturated carbocycles. The molecule has 7 aliphatic rings. The molecule has 0 amide bonds. The zero-order valence-electron chi connectivity index (χ0n) is 38.4. The van der Waals surface area contributed by atoms with E-state index in [0.717, 1.165) is 51.2 Å². The zero-order valence-corrected chi connectivity index (χ0v) is 38.4. The monoisotopic (exact) mass is 892 g/mol. The number of fused-ring (bicyclic) bond motifs is 7. The lowest BCUT2D eigenvalue weighted by molar-refractivity contribution is -0.371. The number of ether oxygens (including phenoxy) is 6. The largest absolute Gasteiger partial charge is 0.481 e. The second-order valence-electron chi connectivity index (χ2n) is 22.0. The van der Waals surface area contributed by atoms with Crippen molar-refractivity contribution >= 4 is 23.7 Å². The summed E-state index contributed by atoms with van der Waals surface area (Å²) in [5, 5.41) is 65.3. The Balaban J connectivity index is 1.18. The quantitative estimate of drug-likeness (QED) is 0.104. The molecule has 0 aromatic heterocycles. The maximum absolute atomic E-state index is 15.0. The topological polar surface area (TPSA) is 245 Å². The van der Waals surface area contributed by atoms with Crippen molar-refractivity contribution in [1.82, 2.24) is 0 Å². The van der Waals surface area contributed by atoms with Crippen LogP contribution < -0.4 is 0 Å². The molecule has 0 bridgehead atoms. The number of carboxylic acid groups (broad SMARTS) is 1. The molecule has 2 saturated heterocycles. The maximum atomic E-state index is 15.0. The fraction of sp³-hybridized carbons (Fsp3) is 0.872. The van der Waals surface area contributed by atoms with Crippen molar-refractivity contribution in [2.24, 2.45) is 50.2 Å². The Morgan fingerprint density at radius 2 is 1.40 bits per heavy atom. The average molecular weight is 893 g/mol. The van der Waals surface area contributed by atoms with Crippen molar-refractivity contribution in [3.8, 4) is 0 Å². The first-order valence-electron chi connectivity index (χ1n) is 23.1. The van der Waals surface area contributed by atoms with Gasteiger partial charge in [-0.05, 0) is 116 Å². The van der Waals surface area contributed by atoms with E-state index in [-0.39, 0.29) is 41.0 Å². The fourth-order valence-electron chi connectivity index (χ4n) is 13.9. The number of methoxy groups -OCH3 is 1. The third-order valence-corrected chi connectivity index (χ3v) is 18.1. The first-order chi connectivity index (χ1) is 29.3. The number of esters is 2. The number of rotatable bonds is 10. The summed E-state index contributed by atoms with van der Waals surface area (Å²) in [4.78, 5) is 53.4. The maximum Gasteiger partial charge on any atom is 0.338 e. The molecule has 16 nitrogen and oxygen atoms in total. The van der Waals surface area contributed by atoms with Crippen molar-refractivity contribution in [3.63, 3.8) is 0 Å². The fourth-order valence-corrected chi connectivity index (χ4v) is 13.9. The van der Waals surface area contributed by atoms with Gasteiger partial charge < -0.3 is 59.1 Å². The van der Waals surface area contributed by atoms with E-state index < -0.39 is 107 Å². The number of aliphatic carboxylic acids is 1. The van der Waals surface area contributed by atoms with Gasteiger partial charge in [-0.25, -0.2) is 9.59 Å². The number of unbranched alkanes of at least 4 members (excludes halogenated alkanes) is 1. The Labute approximate surface area is 370 Å². The summed E-state index contributed by atoms with van der Waals surface area (Å²) < 4.78 is 34.6.